The maximum absolute atomic E-state index is 13.7. The second-order valence-electron chi connectivity index (χ2n) is 9.52. The number of nitrogens with one attached hydrogen (secondary N) is 1. The fourth-order valence-electron chi connectivity index (χ4n) is 5.00. The lowest BCUT2D eigenvalue weighted by Gasteiger charge is -2.35. The molecule has 0 bridgehead atoms. The molecule has 34 heavy (non-hydrogen) atoms. The Labute approximate surface area is 204 Å². The fourth-order valence-corrected chi connectivity index (χ4v) is 5.00. The van der Waals surface area contributed by atoms with Crippen molar-refractivity contribution in [2.24, 2.45) is 5.92 Å². The largest absolute Gasteiger partial charge is 0.351 e. The van der Waals surface area contributed by atoms with Crippen LogP contribution >= 0.6 is 0 Å². The van der Waals surface area contributed by atoms with Gasteiger partial charge < -0.3 is 15.1 Å². The number of nitrogens with zero attached hydrogens (tertiary/aromatic N) is 2. The zero-order chi connectivity index (χ0) is 24.8. The zero-order valence-electron chi connectivity index (χ0n) is 21.3. The maximum atomic E-state index is 13.7. The van der Waals surface area contributed by atoms with Gasteiger partial charge in [0.25, 0.3) is 5.91 Å². The number of fused-ring (bicyclic) bond motifs is 1. The molecule has 1 aromatic rings. The first-order chi connectivity index (χ1) is 16.4. The SMILES string of the molecule is CC.CC1=CC=C(CNC(=O)C2CCCN2C(=O)C(C(C)C)N2Cc3ccccc3C2=O)CC1. The van der Waals surface area contributed by atoms with E-state index in [1.165, 1.54) is 11.1 Å². The molecule has 1 aromatic carbocycles. The smallest absolute Gasteiger partial charge is 0.255 e. The van der Waals surface area contributed by atoms with Gasteiger partial charge in [-0.2, -0.15) is 0 Å². The first-order valence-electron chi connectivity index (χ1n) is 12.7. The summed E-state index contributed by atoms with van der Waals surface area (Å²) in [5, 5.41) is 3.04. The lowest BCUT2D eigenvalue weighted by molar-refractivity contribution is -0.143. The number of likely N-dealkylation sites (tertiary alicyclic amines) is 1. The van der Waals surface area contributed by atoms with Gasteiger partial charge in [-0.1, -0.05) is 69.2 Å². The summed E-state index contributed by atoms with van der Waals surface area (Å²) >= 11 is 0. The second-order valence-corrected chi connectivity index (χ2v) is 9.52. The topological polar surface area (TPSA) is 69.7 Å². The van der Waals surface area contributed by atoms with Crippen LogP contribution < -0.4 is 5.32 Å². The van der Waals surface area contributed by atoms with Gasteiger partial charge in [-0.3, -0.25) is 14.4 Å². The van der Waals surface area contributed by atoms with Crippen molar-refractivity contribution in [3.63, 3.8) is 0 Å². The predicted molar refractivity (Wildman–Crippen MR) is 135 cm³/mol. The average molecular weight is 466 g/mol. The third-order valence-corrected chi connectivity index (χ3v) is 6.84. The molecule has 2 aliphatic heterocycles. The summed E-state index contributed by atoms with van der Waals surface area (Å²) in [6.07, 6.45) is 7.64. The van der Waals surface area contributed by atoms with Crippen LogP contribution in [0.3, 0.4) is 0 Å². The molecule has 3 aliphatic rings. The van der Waals surface area contributed by atoms with Crippen LogP contribution in [0.1, 0.15) is 76.2 Å². The first kappa shape index (κ1) is 25.7. The molecule has 1 N–H and O–H groups in total. The quantitative estimate of drug-likeness (QED) is 0.674. The second kappa shape index (κ2) is 11.5. The van der Waals surface area contributed by atoms with Gasteiger partial charge in [0.2, 0.25) is 11.8 Å². The number of allylic oxidation sites excluding steroid dienone is 3. The van der Waals surface area contributed by atoms with Gasteiger partial charge in [-0.05, 0) is 50.2 Å². The van der Waals surface area contributed by atoms with E-state index in [-0.39, 0.29) is 23.6 Å². The number of hydrogen-bond donors (Lipinski definition) is 1. The van der Waals surface area contributed by atoms with E-state index in [9.17, 15) is 14.4 Å². The van der Waals surface area contributed by atoms with Gasteiger partial charge in [0.1, 0.15) is 12.1 Å². The van der Waals surface area contributed by atoms with Crippen molar-refractivity contribution in [1.82, 2.24) is 15.1 Å². The molecule has 1 aliphatic carbocycles. The van der Waals surface area contributed by atoms with Crippen LogP contribution in [0.15, 0.2) is 47.6 Å². The van der Waals surface area contributed by atoms with Gasteiger partial charge >= 0.3 is 0 Å². The standard InChI is InChI=1S/C26H33N3O3.C2H6/c1-17(2)23(29-16-20-7-4-5-8-21(20)25(29)31)26(32)28-14-6-9-22(28)24(30)27-15-19-12-10-18(3)11-13-19;1-2/h4-5,7-8,10,12,17,22-23H,6,9,11,13-16H2,1-3H3,(H,27,30);1-2H3. The van der Waals surface area contributed by atoms with Crippen molar-refractivity contribution in [2.75, 3.05) is 13.1 Å². The average Bonchev–Trinajstić information content (AvgIpc) is 3.45. The molecule has 4 rings (SSSR count). The van der Waals surface area contributed by atoms with Crippen molar-refractivity contribution >= 4 is 17.7 Å². The van der Waals surface area contributed by atoms with Gasteiger partial charge in [0.05, 0.1) is 0 Å². The molecule has 184 valence electrons. The molecule has 0 spiro atoms. The minimum atomic E-state index is -0.572. The van der Waals surface area contributed by atoms with Crippen LogP contribution in [-0.2, 0) is 16.1 Å². The van der Waals surface area contributed by atoms with Crippen LogP contribution in [0.4, 0.5) is 0 Å². The summed E-state index contributed by atoms with van der Waals surface area (Å²) < 4.78 is 0. The first-order valence-corrected chi connectivity index (χ1v) is 12.7. The molecule has 6 heteroatoms. The Morgan fingerprint density at radius 2 is 1.85 bits per heavy atom. The number of hydrogen-bond acceptors (Lipinski definition) is 3. The highest BCUT2D eigenvalue weighted by Crippen LogP contribution is 2.30. The number of rotatable bonds is 6. The molecule has 0 aromatic heterocycles. The summed E-state index contributed by atoms with van der Waals surface area (Å²) in [6, 6.07) is 6.50. The Hall–Kier alpha value is -2.89. The molecule has 1 fully saturated rings. The molecular weight excluding hydrogens is 426 g/mol. The fraction of sp³-hybridized carbons (Fsp3) is 0.536. The molecule has 0 radical (unpaired) electrons. The molecular formula is C28H39N3O3. The number of carbonyl (C=O) groups excluding carboxylic acids is 3. The van der Waals surface area contributed by atoms with Crippen molar-refractivity contribution in [3.05, 3.63) is 58.7 Å². The molecule has 3 amide bonds. The summed E-state index contributed by atoms with van der Waals surface area (Å²) in [4.78, 5) is 43.1. The van der Waals surface area contributed by atoms with E-state index in [0.29, 0.717) is 31.6 Å². The van der Waals surface area contributed by atoms with Crippen molar-refractivity contribution in [1.29, 1.82) is 0 Å². The highest BCUT2D eigenvalue weighted by molar-refractivity contribution is 6.01. The van der Waals surface area contributed by atoms with Gasteiger partial charge in [0.15, 0.2) is 0 Å². The molecule has 2 unspecified atom stereocenters. The summed E-state index contributed by atoms with van der Waals surface area (Å²) in [7, 11) is 0. The number of carbonyl (C=O) groups is 3. The summed E-state index contributed by atoms with van der Waals surface area (Å²) in [6.45, 7) is 11.6. The van der Waals surface area contributed by atoms with Gasteiger partial charge in [-0.25, -0.2) is 0 Å². The van der Waals surface area contributed by atoms with Crippen molar-refractivity contribution < 1.29 is 14.4 Å². The Morgan fingerprint density at radius 3 is 2.50 bits per heavy atom. The van der Waals surface area contributed by atoms with E-state index in [2.05, 4.69) is 24.4 Å². The molecule has 2 heterocycles. The van der Waals surface area contributed by atoms with E-state index in [4.69, 9.17) is 0 Å². The van der Waals surface area contributed by atoms with E-state index < -0.39 is 12.1 Å². The predicted octanol–water partition coefficient (Wildman–Crippen LogP) is 4.47. The number of benzene rings is 1. The van der Waals surface area contributed by atoms with Crippen LogP contribution in [0.2, 0.25) is 0 Å². The van der Waals surface area contributed by atoms with Crippen molar-refractivity contribution in [3.8, 4) is 0 Å². The Bertz CT molecular complexity index is 979. The van der Waals surface area contributed by atoms with Crippen LogP contribution in [0.25, 0.3) is 0 Å². The highest BCUT2D eigenvalue weighted by Gasteiger charge is 2.43. The van der Waals surface area contributed by atoms with Gasteiger partial charge in [0, 0.05) is 25.2 Å². The molecule has 0 saturated carbocycles. The molecule has 6 nitrogen and oxygen atoms in total. The van der Waals surface area contributed by atoms with Crippen LogP contribution in [-0.4, -0.2) is 52.7 Å². The van der Waals surface area contributed by atoms with Gasteiger partial charge in [-0.15, -0.1) is 0 Å². The van der Waals surface area contributed by atoms with Crippen molar-refractivity contribution in [2.45, 2.75) is 78.9 Å². The molecule has 1 saturated heterocycles. The zero-order valence-corrected chi connectivity index (χ0v) is 21.3. The van der Waals surface area contributed by atoms with E-state index in [0.717, 1.165) is 24.8 Å². The van der Waals surface area contributed by atoms with Crippen LogP contribution in [0.5, 0.6) is 0 Å². The summed E-state index contributed by atoms with van der Waals surface area (Å²) in [5.74, 6) is -0.358. The lowest BCUT2D eigenvalue weighted by Crippen LogP contribution is -2.55. The minimum Gasteiger partial charge on any atom is -0.351 e. The summed E-state index contributed by atoms with van der Waals surface area (Å²) in [5.41, 5.74) is 4.19. The van der Waals surface area contributed by atoms with E-state index >= 15 is 0 Å². The van der Waals surface area contributed by atoms with E-state index in [1.54, 1.807) is 9.80 Å². The third kappa shape index (κ3) is 5.43. The minimum absolute atomic E-state index is 0.0486. The van der Waals surface area contributed by atoms with Crippen LogP contribution in [0, 0.1) is 5.92 Å². The monoisotopic (exact) mass is 465 g/mol. The lowest BCUT2D eigenvalue weighted by atomic mass is 9.99. The Balaban J connectivity index is 0.00000158. The third-order valence-electron chi connectivity index (χ3n) is 6.84. The molecule has 2 atom stereocenters. The highest BCUT2D eigenvalue weighted by atomic mass is 16.2. The van der Waals surface area contributed by atoms with E-state index in [1.807, 2.05) is 52.0 Å². The number of amides is 3. The Morgan fingerprint density at radius 1 is 1.12 bits per heavy atom. The normalized spacial score (nSPS) is 20.3. The maximum Gasteiger partial charge on any atom is 0.255 e. The Kier molecular flexibility index (Phi) is 8.70.